The molecule has 1 heterocycles. The summed E-state index contributed by atoms with van der Waals surface area (Å²) in [5.74, 6) is -0.692. The third-order valence-electron chi connectivity index (χ3n) is 5.91. The molecule has 0 aliphatic rings. The number of H-pyrrole nitrogens is 1. The van der Waals surface area contributed by atoms with Crippen molar-refractivity contribution in [3.63, 3.8) is 0 Å². The topological polar surface area (TPSA) is 83.5 Å². The average Bonchev–Trinajstić information content (AvgIpc) is 3.30. The van der Waals surface area contributed by atoms with Gasteiger partial charge in [-0.15, -0.1) is 0 Å². The fourth-order valence-electron chi connectivity index (χ4n) is 4.16. The van der Waals surface area contributed by atoms with Crippen LogP contribution < -0.4 is 10.2 Å². The average molecular weight is 621 g/mol. The van der Waals surface area contributed by atoms with Crippen LogP contribution in [0.3, 0.4) is 0 Å². The summed E-state index contributed by atoms with van der Waals surface area (Å²) < 4.78 is 6.38. The van der Waals surface area contributed by atoms with E-state index in [9.17, 15) is 9.59 Å². The number of esters is 1. The Bertz CT molecular complexity index is 1750. The second-order valence-electron chi connectivity index (χ2n) is 8.69. The maximum atomic E-state index is 13.3. The molecule has 2 N–H and O–H groups in total. The van der Waals surface area contributed by atoms with Crippen molar-refractivity contribution in [1.82, 2.24) is 10.4 Å². The van der Waals surface area contributed by atoms with Crippen LogP contribution in [0.2, 0.25) is 10.0 Å². The van der Waals surface area contributed by atoms with Gasteiger partial charge in [0, 0.05) is 26.0 Å². The standard InChI is InChI=1S/C30H20BrCl2N3O3/c1-17-6-5-9-19(12-17)30(38)39-25-11-10-21(31)13-20(25)16-34-36-29(37)28-26(18-7-3-2-4-8-18)23-14-22(32)15-24(33)27(23)35-28/h2-16,35H,1H3,(H,36,37). The Hall–Kier alpha value is -3.91. The molecule has 0 saturated heterocycles. The Labute approximate surface area is 242 Å². The van der Waals surface area contributed by atoms with Crippen LogP contribution in [0, 0.1) is 6.92 Å². The van der Waals surface area contributed by atoms with Crippen LogP contribution in [0.25, 0.3) is 22.0 Å². The molecule has 6 nitrogen and oxygen atoms in total. The van der Waals surface area contributed by atoms with E-state index in [-0.39, 0.29) is 5.69 Å². The molecule has 0 fully saturated rings. The second-order valence-corrected chi connectivity index (χ2v) is 10.5. The number of benzene rings is 4. The Kier molecular flexibility index (Phi) is 7.84. The lowest BCUT2D eigenvalue weighted by atomic mass is 10.0. The van der Waals surface area contributed by atoms with Gasteiger partial charge in [0.15, 0.2) is 0 Å². The number of aromatic nitrogens is 1. The van der Waals surface area contributed by atoms with E-state index < -0.39 is 11.9 Å². The van der Waals surface area contributed by atoms with Crippen LogP contribution in [-0.4, -0.2) is 23.1 Å². The number of aryl methyl sites for hydroxylation is 1. The molecule has 0 atom stereocenters. The zero-order chi connectivity index (χ0) is 27.5. The Morgan fingerprint density at radius 3 is 2.54 bits per heavy atom. The highest BCUT2D eigenvalue weighted by molar-refractivity contribution is 9.10. The summed E-state index contributed by atoms with van der Waals surface area (Å²) in [6.07, 6.45) is 1.41. The Morgan fingerprint density at radius 1 is 0.974 bits per heavy atom. The van der Waals surface area contributed by atoms with Crippen molar-refractivity contribution in [3.05, 3.63) is 122 Å². The summed E-state index contributed by atoms with van der Waals surface area (Å²) in [7, 11) is 0. The first-order valence-corrected chi connectivity index (χ1v) is 13.3. The molecule has 4 aromatic carbocycles. The Balaban J connectivity index is 1.43. The fraction of sp³-hybridized carbons (Fsp3) is 0.0333. The first-order chi connectivity index (χ1) is 18.8. The molecule has 0 unspecified atom stereocenters. The van der Waals surface area contributed by atoms with E-state index >= 15 is 0 Å². The molecule has 194 valence electrons. The predicted molar refractivity (Wildman–Crippen MR) is 159 cm³/mol. The molecule has 39 heavy (non-hydrogen) atoms. The van der Waals surface area contributed by atoms with E-state index in [2.05, 4.69) is 31.4 Å². The molecular formula is C30H20BrCl2N3O3. The minimum Gasteiger partial charge on any atom is -0.422 e. The SMILES string of the molecule is Cc1cccc(C(=O)Oc2ccc(Br)cc2C=NNC(=O)c2[nH]c3c(Cl)cc(Cl)cc3c2-c2ccccc2)c1. The van der Waals surface area contributed by atoms with Crippen LogP contribution in [0.15, 0.2) is 94.5 Å². The summed E-state index contributed by atoms with van der Waals surface area (Å²) in [4.78, 5) is 29.1. The van der Waals surface area contributed by atoms with Crippen molar-refractivity contribution in [2.45, 2.75) is 6.92 Å². The summed E-state index contributed by atoms with van der Waals surface area (Å²) in [5, 5.41) is 5.71. The zero-order valence-electron chi connectivity index (χ0n) is 20.5. The van der Waals surface area contributed by atoms with Gasteiger partial charge in [0.05, 0.1) is 22.3 Å². The normalized spacial score (nSPS) is 11.2. The molecular weight excluding hydrogens is 601 g/mol. The fourth-order valence-corrected chi connectivity index (χ4v) is 5.07. The van der Waals surface area contributed by atoms with E-state index in [1.54, 1.807) is 48.5 Å². The zero-order valence-corrected chi connectivity index (χ0v) is 23.6. The van der Waals surface area contributed by atoms with Gasteiger partial charge >= 0.3 is 5.97 Å². The van der Waals surface area contributed by atoms with Gasteiger partial charge in [-0.3, -0.25) is 4.79 Å². The number of hydrogen-bond acceptors (Lipinski definition) is 4. The minimum atomic E-state index is -0.499. The maximum absolute atomic E-state index is 13.3. The second kappa shape index (κ2) is 11.5. The highest BCUT2D eigenvalue weighted by Gasteiger charge is 2.21. The van der Waals surface area contributed by atoms with Crippen molar-refractivity contribution in [1.29, 1.82) is 0 Å². The highest BCUT2D eigenvalue weighted by Crippen LogP contribution is 2.37. The van der Waals surface area contributed by atoms with Gasteiger partial charge in [0.2, 0.25) is 0 Å². The number of fused-ring (bicyclic) bond motifs is 1. The smallest absolute Gasteiger partial charge is 0.343 e. The van der Waals surface area contributed by atoms with Crippen LogP contribution in [0.4, 0.5) is 0 Å². The summed E-state index contributed by atoms with van der Waals surface area (Å²) in [6.45, 7) is 1.90. The van der Waals surface area contributed by atoms with Gasteiger partial charge in [-0.2, -0.15) is 5.10 Å². The molecule has 5 rings (SSSR count). The summed E-state index contributed by atoms with van der Waals surface area (Å²) in [5.41, 5.74) is 6.75. The number of nitrogens with one attached hydrogen (secondary N) is 2. The van der Waals surface area contributed by atoms with Crippen molar-refractivity contribution in [2.24, 2.45) is 5.10 Å². The van der Waals surface area contributed by atoms with Gasteiger partial charge in [-0.25, -0.2) is 10.2 Å². The van der Waals surface area contributed by atoms with Crippen molar-refractivity contribution >= 4 is 68.1 Å². The van der Waals surface area contributed by atoms with Crippen molar-refractivity contribution in [2.75, 3.05) is 0 Å². The first kappa shape index (κ1) is 26.7. The predicted octanol–water partition coefficient (Wildman–Crippen LogP) is 8.20. The molecule has 0 aliphatic heterocycles. The first-order valence-electron chi connectivity index (χ1n) is 11.8. The van der Waals surface area contributed by atoms with E-state index in [0.717, 1.165) is 15.6 Å². The number of ether oxygens (including phenoxy) is 1. The quantitative estimate of drug-likeness (QED) is 0.0868. The Morgan fingerprint density at radius 2 is 1.77 bits per heavy atom. The molecule has 0 saturated carbocycles. The molecule has 0 spiro atoms. The lowest BCUT2D eigenvalue weighted by molar-refractivity contribution is 0.0734. The number of aromatic amines is 1. The van der Waals surface area contributed by atoms with Crippen molar-refractivity contribution in [3.8, 4) is 16.9 Å². The molecule has 0 aliphatic carbocycles. The lowest BCUT2D eigenvalue weighted by Crippen LogP contribution is -2.19. The van der Waals surface area contributed by atoms with Crippen molar-refractivity contribution < 1.29 is 14.3 Å². The molecule has 0 radical (unpaired) electrons. The number of amides is 1. The number of hydrogen-bond donors (Lipinski definition) is 2. The third-order valence-corrected chi connectivity index (χ3v) is 6.92. The molecule has 9 heteroatoms. The van der Waals surface area contributed by atoms with Crippen LogP contribution in [0.5, 0.6) is 5.75 Å². The number of rotatable bonds is 6. The number of carbonyl (C=O) groups excluding carboxylic acids is 2. The van der Waals surface area contributed by atoms with E-state index in [1.165, 1.54) is 6.21 Å². The van der Waals surface area contributed by atoms with Gasteiger partial charge in [0.1, 0.15) is 11.4 Å². The van der Waals surface area contributed by atoms with Crippen LogP contribution >= 0.6 is 39.1 Å². The van der Waals surface area contributed by atoms with Gasteiger partial charge in [-0.05, 0) is 55.0 Å². The number of hydrazone groups is 1. The number of nitrogens with zero attached hydrogens (tertiary/aromatic N) is 1. The minimum absolute atomic E-state index is 0.276. The van der Waals surface area contributed by atoms with Gasteiger partial charge < -0.3 is 9.72 Å². The molecule has 1 amide bonds. The number of halogens is 3. The molecule has 1 aromatic heterocycles. The van der Waals surface area contributed by atoms with Gasteiger partial charge in [-0.1, -0.05) is 87.2 Å². The third kappa shape index (κ3) is 5.91. The van der Waals surface area contributed by atoms with Crippen LogP contribution in [-0.2, 0) is 0 Å². The summed E-state index contributed by atoms with van der Waals surface area (Å²) >= 11 is 16.1. The summed E-state index contributed by atoms with van der Waals surface area (Å²) in [6, 6.07) is 25.1. The van der Waals surface area contributed by atoms with Crippen LogP contribution in [0.1, 0.15) is 32.0 Å². The van der Waals surface area contributed by atoms with E-state index in [1.807, 2.05) is 43.3 Å². The maximum Gasteiger partial charge on any atom is 0.343 e. The monoisotopic (exact) mass is 619 g/mol. The van der Waals surface area contributed by atoms with E-state index in [0.29, 0.717) is 43.4 Å². The molecule has 0 bridgehead atoms. The van der Waals surface area contributed by atoms with Gasteiger partial charge in [0.25, 0.3) is 5.91 Å². The largest absolute Gasteiger partial charge is 0.422 e. The van der Waals surface area contributed by atoms with E-state index in [4.69, 9.17) is 27.9 Å². The lowest BCUT2D eigenvalue weighted by Gasteiger charge is -2.09. The highest BCUT2D eigenvalue weighted by atomic mass is 79.9. The number of carbonyl (C=O) groups is 2. The molecule has 5 aromatic rings.